The molecule has 2 nitrogen and oxygen atoms in total. The van der Waals surface area contributed by atoms with Gasteiger partial charge in [-0.25, -0.2) is 0 Å². The van der Waals surface area contributed by atoms with Gasteiger partial charge in [0.15, 0.2) is 0 Å². The van der Waals surface area contributed by atoms with Gasteiger partial charge in [0.2, 0.25) is 0 Å². The van der Waals surface area contributed by atoms with Crippen LogP contribution in [0.1, 0.15) is 0 Å². The fourth-order valence-corrected chi connectivity index (χ4v) is 2.64. The van der Waals surface area contributed by atoms with Gasteiger partial charge in [0.1, 0.15) is 0 Å². The van der Waals surface area contributed by atoms with Gasteiger partial charge in [-0.2, -0.15) is 0 Å². The number of rotatable bonds is 7. The van der Waals surface area contributed by atoms with Gasteiger partial charge in [-0.1, -0.05) is 22.0 Å². The molecule has 0 aliphatic rings. The maximum atomic E-state index is 3.48. The van der Waals surface area contributed by atoms with E-state index in [0.29, 0.717) is 0 Å². The highest BCUT2D eigenvalue weighted by Crippen LogP contribution is 2.21. The first kappa shape index (κ1) is 14.0. The predicted molar refractivity (Wildman–Crippen MR) is 76.3 cm³/mol. The van der Waals surface area contributed by atoms with Crippen LogP contribution in [0.4, 0.5) is 0 Å². The number of halogens is 1. The molecule has 1 aromatic carbocycles. The van der Waals surface area contributed by atoms with Crippen molar-refractivity contribution < 1.29 is 0 Å². The molecule has 0 fully saturated rings. The van der Waals surface area contributed by atoms with Crippen molar-refractivity contribution in [2.24, 2.45) is 0 Å². The molecule has 4 heteroatoms. The van der Waals surface area contributed by atoms with E-state index in [1.54, 1.807) is 0 Å². The minimum atomic E-state index is 1.06. The summed E-state index contributed by atoms with van der Waals surface area (Å²) in [5, 5.41) is 3.43. The third-order valence-corrected chi connectivity index (χ3v) is 3.57. The Bertz CT molecular complexity index is 305. The average Bonchev–Trinajstić information content (AvgIpc) is 2.23. The topological polar surface area (TPSA) is 15.3 Å². The third kappa shape index (κ3) is 6.53. The largest absolute Gasteiger partial charge is 0.315 e. The fourth-order valence-electron chi connectivity index (χ4n) is 1.23. The van der Waals surface area contributed by atoms with Crippen molar-refractivity contribution in [1.82, 2.24) is 10.2 Å². The molecule has 1 rings (SSSR count). The van der Waals surface area contributed by atoms with E-state index < -0.39 is 0 Å². The van der Waals surface area contributed by atoms with Gasteiger partial charge in [-0.05, 0) is 32.3 Å². The number of nitrogens with one attached hydrogen (secondary N) is 1. The first-order valence-corrected chi connectivity index (χ1v) is 7.20. The van der Waals surface area contributed by atoms with E-state index in [-0.39, 0.29) is 0 Å². The lowest BCUT2D eigenvalue weighted by Gasteiger charge is -2.10. The zero-order chi connectivity index (χ0) is 11.8. The van der Waals surface area contributed by atoms with E-state index in [9.17, 15) is 0 Å². The lowest BCUT2D eigenvalue weighted by atomic mass is 10.4. The predicted octanol–water partition coefficient (Wildman–Crippen LogP) is 2.69. The zero-order valence-corrected chi connectivity index (χ0v) is 12.3. The summed E-state index contributed by atoms with van der Waals surface area (Å²) in [7, 11) is 4.19. The minimum absolute atomic E-state index is 1.06. The maximum absolute atomic E-state index is 3.48. The summed E-state index contributed by atoms with van der Waals surface area (Å²) < 4.78 is 1.15. The normalized spacial score (nSPS) is 11.0. The highest BCUT2D eigenvalue weighted by atomic mass is 79.9. The third-order valence-electron chi connectivity index (χ3n) is 2.08. The second-order valence-electron chi connectivity index (χ2n) is 3.86. The molecule has 1 N–H and O–H groups in total. The van der Waals surface area contributed by atoms with Gasteiger partial charge in [0, 0.05) is 34.8 Å². The Balaban J connectivity index is 2.07. The molecule has 0 atom stereocenters. The van der Waals surface area contributed by atoms with Crippen molar-refractivity contribution >= 4 is 27.7 Å². The maximum Gasteiger partial charge on any atom is 0.0186 e. The highest BCUT2D eigenvalue weighted by molar-refractivity contribution is 9.10. The molecule has 0 heterocycles. The quantitative estimate of drug-likeness (QED) is 0.616. The Kier molecular flexibility index (Phi) is 7.12. The molecule has 0 aliphatic heterocycles. The van der Waals surface area contributed by atoms with Gasteiger partial charge in [0.25, 0.3) is 0 Å². The van der Waals surface area contributed by atoms with Crippen LogP contribution in [-0.2, 0) is 0 Å². The SMILES string of the molecule is CN(C)CCNCCSc1cccc(Br)c1. The molecule has 0 radical (unpaired) electrons. The molecule has 0 saturated heterocycles. The minimum Gasteiger partial charge on any atom is -0.315 e. The second kappa shape index (κ2) is 8.12. The Morgan fingerprint density at radius 2 is 2.12 bits per heavy atom. The summed E-state index contributed by atoms with van der Waals surface area (Å²) in [6, 6.07) is 8.44. The summed E-state index contributed by atoms with van der Waals surface area (Å²) in [5.41, 5.74) is 0. The van der Waals surface area contributed by atoms with Gasteiger partial charge in [-0.3, -0.25) is 0 Å². The first-order valence-electron chi connectivity index (χ1n) is 5.42. The molecule has 0 unspecified atom stereocenters. The number of benzene rings is 1. The van der Waals surface area contributed by atoms with Crippen LogP contribution < -0.4 is 5.32 Å². The van der Waals surface area contributed by atoms with E-state index in [1.165, 1.54) is 4.90 Å². The lowest BCUT2D eigenvalue weighted by Crippen LogP contribution is -2.27. The molecule has 0 aromatic heterocycles. The molecule has 0 amide bonds. The van der Waals surface area contributed by atoms with Crippen LogP contribution in [0.2, 0.25) is 0 Å². The number of hydrogen-bond acceptors (Lipinski definition) is 3. The first-order chi connectivity index (χ1) is 7.68. The number of thioether (sulfide) groups is 1. The van der Waals surface area contributed by atoms with Crippen molar-refractivity contribution in [2.75, 3.05) is 39.5 Å². The molecule has 16 heavy (non-hydrogen) atoms. The van der Waals surface area contributed by atoms with E-state index in [2.05, 4.69) is 64.5 Å². The van der Waals surface area contributed by atoms with E-state index in [1.807, 2.05) is 11.8 Å². The Labute approximate surface area is 111 Å². The van der Waals surface area contributed by atoms with Crippen molar-refractivity contribution in [3.8, 4) is 0 Å². The van der Waals surface area contributed by atoms with Crippen LogP contribution in [-0.4, -0.2) is 44.4 Å². The molecular formula is C12H19BrN2S. The Morgan fingerprint density at radius 3 is 2.81 bits per heavy atom. The molecule has 90 valence electrons. The molecule has 1 aromatic rings. The zero-order valence-electron chi connectivity index (χ0n) is 9.87. The van der Waals surface area contributed by atoms with Crippen molar-refractivity contribution in [3.05, 3.63) is 28.7 Å². The van der Waals surface area contributed by atoms with Gasteiger partial charge in [-0.15, -0.1) is 11.8 Å². The standard InChI is InChI=1S/C12H19BrN2S/c1-15(2)8-6-14-7-9-16-12-5-3-4-11(13)10-12/h3-5,10,14H,6-9H2,1-2H3. The summed E-state index contributed by atoms with van der Waals surface area (Å²) in [6.45, 7) is 3.22. The van der Waals surface area contributed by atoms with Crippen LogP contribution in [0.3, 0.4) is 0 Å². The Hall–Kier alpha value is -0.0300. The summed E-state index contributed by atoms with van der Waals surface area (Å²) >= 11 is 5.36. The smallest absolute Gasteiger partial charge is 0.0186 e. The number of likely N-dealkylation sites (N-methyl/N-ethyl adjacent to an activating group) is 1. The summed E-state index contributed by atoms with van der Waals surface area (Å²) in [4.78, 5) is 3.51. The van der Waals surface area contributed by atoms with Crippen molar-refractivity contribution in [1.29, 1.82) is 0 Å². The van der Waals surface area contributed by atoms with Gasteiger partial charge >= 0.3 is 0 Å². The van der Waals surface area contributed by atoms with Crippen LogP contribution in [0.5, 0.6) is 0 Å². The van der Waals surface area contributed by atoms with Gasteiger partial charge in [0.05, 0.1) is 0 Å². The van der Waals surface area contributed by atoms with Crippen molar-refractivity contribution in [2.45, 2.75) is 4.90 Å². The Morgan fingerprint density at radius 1 is 1.31 bits per heavy atom. The van der Waals surface area contributed by atoms with Crippen LogP contribution in [0.25, 0.3) is 0 Å². The molecular weight excluding hydrogens is 284 g/mol. The van der Waals surface area contributed by atoms with E-state index in [0.717, 1.165) is 29.9 Å². The average molecular weight is 303 g/mol. The summed E-state index contributed by atoms with van der Waals surface area (Å²) in [6.07, 6.45) is 0. The number of nitrogens with zero attached hydrogens (tertiary/aromatic N) is 1. The van der Waals surface area contributed by atoms with Crippen LogP contribution in [0, 0.1) is 0 Å². The molecule has 0 spiro atoms. The highest BCUT2D eigenvalue weighted by Gasteiger charge is 1.95. The van der Waals surface area contributed by atoms with Gasteiger partial charge < -0.3 is 10.2 Å². The second-order valence-corrected chi connectivity index (χ2v) is 5.94. The monoisotopic (exact) mass is 302 g/mol. The number of hydrogen-bond donors (Lipinski definition) is 1. The molecule has 0 bridgehead atoms. The van der Waals surface area contributed by atoms with E-state index >= 15 is 0 Å². The summed E-state index contributed by atoms with van der Waals surface area (Å²) in [5.74, 6) is 1.11. The van der Waals surface area contributed by atoms with Crippen LogP contribution in [0.15, 0.2) is 33.6 Å². The van der Waals surface area contributed by atoms with Crippen molar-refractivity contribution in [3.63, 3.8) is 0 Å². The fraction of sp³-hybridized carbons (Fsp3) is 0.500. The lowest BCUT2D eigenvalue weighted by molar-refractivity contribution is 0.403. The van der Waals surface area contributed by atoms with E-state index in [4.69, 9.17) is 0 Å². The van der Waals surface area contributed by atoms with Crippen LogP contribution >= 0.6 is 27.7 Å². The molecule has 0 aliphatic carbocycles. The molecule has 0 saturated carbocycles.